The molecular formula is C13H16BrNO5. The van der Waals surface area contributed by atoms with Gasteiger partial charge in [-0.3, -0.25) is 10.1 Å². The lowest BCUT2D eigenvalue weighted by Crippen LogP contribution is -2.52. The third-order valence-electron chi connectivity index (χ3n) is 3.11. The SMILES string of the molecule is COCCOC1C(Br)CC1Oc1ccc([N+](=O)[O-])cc1. The van der Waals surface area contributed by atoms with Crippen LogP contribution < -0.4 is 4.74 Å². The molecule has 0 spiro atoms. The molecular weight excluding hydrogens is 330 g/mol. The summed E-state index contributed by atoms with van der Waals surface area (Å²) in [5.74, 6) is 0.611. The predicted molar refractivity (Wildman–Crippen MR) is 76.5 cm³/mol. The average molecular weight is 346 g/mol. The van der Waals surface area contributed by atoms with Crippen LogP contribution in [0.2, 0.25) is 0 Å². The molecule has 6 nitrogen and oxygen atoms in total. The minimum atomic E-state index is -0.432. The number of benzene rings is 1. The minimum Gasteiger partial charge on any atom is -0.488 e. The summed E-state index contributed by atoms with van der Waals surface area (Å²) in [5.41, 5.74) is 0.0530. The fourth-order valence-corrected chi connectivity index (χ4v) is 2.80. The summed E-state index contributed by atoms with van der Waals surface area (Å²) in [4.78, 5) is 10.4. The van der Waals surface area contributed by atoms with Gasteiger partial charge in [0.25, 0.3) is 5.69 Å². The molecule has 1 aromatic rings. The topological polar surface area (TPSA) is 70.8 Å². The van der Waals surface area contributed by atoms with Crippen LogP contribution in [0.5, 0.6) is 5.75 Å². The molecule has 0 amide bonds. The molecule has 1 saturated carbocycles. The fourth-order valence-electron chi connectivity index (χ4n) is 1.94. The summed E-state index contributed by atoms with van der Waals surface area (Å²) < 4.78 is 16.4. The van der Waals surface area contributed by atoms with Crippen LogP contribution in [0.25, 0.3) is 0 Å². The molecule has 0 N–H and O–H groups in total. The van der Waals surface area contributed by atoms with Gasteiger partial charge in [0.05, 0.1) is 18.1 Å². The van der Waals surface area contributed by atoms with Gasteiger partial charge in [-0.05, 0) is 12.1 Å². The molecule has 110 valence electrons. The van der Waals surface area contributed by atoms with Crippen molar-refractivity contribution in [3.63, 3.8) is 0 Å². The van der Waals surface area contributed by atoms with Crippen molar-refractivity contribution < 1.29 is 19.1 Å². The summed E-state index contributed by atoms with van der Waals surface area (Å²) in [6.07, 6.45) is 0.771. The molecule has 1 aliphatic carbocycles. The van der Waals surface area contributed by atoms with Gasteiger partial charge in [0.1, 0.15) is 18.0 Å². The lowest BCUT2D eigenvalue weighted by molar-refractivity contribution is -0.384. The summed E-state index contributed by atoms with van der Waals surface area (Å²) in [6, 6.07) is 6.07. The lowest BCUT2D eigenvalue weighted by Gasteiger charge is -2.40. The molecule has 7 heteroatoms. The smallest absolute Gasteiger partial charge is 0.269 e. The van der Waals surface area contributed by atoms with E-state index in [1.807, 2.05) is 0 Å². The van der Waals surface area contributed by atoms with E-state index in [-0.39, 0.29) is 22.7 Å². The number of hydrogen-bond donors (Lipinski definition) is 0. The third-order valence-corrected chi connectivity index (χ3v) is 4.01. The maximum atomic E-state index is 10.6. The van der Waals surface area contributed by atoms with Gasteiger partial charge < -0.3 is 14.2 Å². The fraction of sp³-hybridized carbons (Fsp3) is 0.538. The van der Waals surface area contributed by atoms with E-state index in [2.05, 4.69) is 15.9 Å². The molecule has 1 fully saturated rings. The van der Waals surface area contributed by atoms with Gasteiger partial charge in [-0.2, -0.15) is 0 Å². The van der Waals surface area contributed by atoms with Crippen molar-refractivity contribution in [1.29, 1.82) is 0 Å². The predicted octanol–water partition coefficient (Wildman–Crippen LogP) is 2.54. The number of halogens is 1. The highest BCUT2D eigenvalue weighted by Crippen LogP contribution is 2.34. The lowest BCUT2D eigenvalue weighted by atomic mass is 9.91. The zero-order valence-electron chi connectivity index (χ0n) is 11.0. The molecule has 0 radical (unpaired) electrons. The van der Waals surface area contributed by atoms with Crippen molar-refractivity contribution >= 4 is 21.6 Å². The number of ether oxygens (including phenoxy) is 3. The Bertz CT molecular complexity index is 453. The number of methoxy groups -OCH3 is 1. The maximum Gasteiger partial charge on any atom is 0.269 e. The van der Waals surface area contributed by atoms with E-state index < -0.39 is 4.92 Å². The number of alkyl halides is 1. The van der Waals surface area contributed by atoms with Crippen molar-refractivity contribution in [3.05, 3.63) is 34.4 Å². The molecule has 0 aromatic heterocycles. The molecule has 20 heavy (non-hydrogen) atoms. The van der Waals surface area contributed by atoms with Crippen molar-refractivity contribution in [3.8, 4) is 5.75 Å². The van der Waals surface area contributed by atoms with Crippen LogP contribution in [-0.2, 0) is 9.47 Å². The van der Waals surface area contributed by atoms with E-state index in [0.29, 0.717) is 19.0 Å². The van der Waals surface area contributed by atoms with Crippen LogP contribution in [0.3, 0.4) is 0 Å². The Morgan fingerprint density at radius 2 is 2.05 bits per heavy atom. The van der Waals surface area contributed by atoms with E-state index >= 15 is 0 Å². The number of nitro groups is 1. The average Bonchev–Trinajstić information content (AvgIpc) is 2.43. The van der Waals surface area contributed by atoms with Crippen LogP contribution >= 0.6 is 15.9 Å². The molecule has 3 unspecified atom stereocenters. The quantitative estimate of drug-likeness (QED) is 0.328. The molecule has 1 aliphatic rings. The first kappa shape index (κ1) is 15.2. The summed E-state index contributed by atoms with van der Waals surface area (Å²) in [5, 5.41) is 10.6. The van der Waals surface area contributed by atoms with Crippen molar-refractivity contribution in [2.75, 3.05) is 20.3 Å². The van der Waals surface area contributed by atoms with Crippen molar-refractivity contribution in [2.24, 2.45) is 0 Å². The zero-order valence-corrected chi connectivity index (χ0v) is 12.6. The standard InChI is InChI=1S/C13H16BrNO5/c1-18-6-7-19-13-11(14)8-12(13)20-10-4-2-9(3-5-10)15(16)17/h2-5,11-13H,6-8H2,1H3. The Morgan fingerprint density at radius 3 is 2.60 bits per heavy atom. The van der Waals surface area contributed by atoms with E-state index in [0.717, 1.165) is 6.42 Å². The molecule has 0 bridgehead atoms. The third kappa shape index (κ3) is 3.68. The van der Waals surface area contributed by atoms with Gasteiger partial charge in [0.15, 0.2) is 0 Å². The van der Waals surface area contributed by atoms with Crippen LogP contribution in [0, 0.1) is 10.1 Å². The molecule has 3 atom stereocenters. The van der Waals surface area contributed by atoms with Crippen LogP contribution in [0.4, 0.5) is 5.69 Å². The normalized spacial score (nSPS) is 25.0. The van der Waals surface area contributed by atoms with Crippen molar-refractivity contribution in [1.82, 2.24) is 0 Å². The molecule has 0 heterocycles. The Balaban J connectivity index is 1.87. The first-order chi connectivity index (χ1) is 9.61. The number of nitro benzene ring substituents is 1. The minimum absolute atomic E-state index is 0.0275. The number of hydrogen-bond acceptors (Lipinski definition) is 5. The van der Waals surface area contributed by atoms with Gasteiger partial charge in [-0.1, -0.05) is 15.9 Å². The zero-order chi connectivity index (χ0) is 14.5. The number of nitrogens with zero attached hydrogens (tertiary/aromatic N) is 1. The Morgan fingerprint density at radius 1 is 1.35 bits per heavy atom. The monoisotopic (exact) mass is 345 g/mol. The largest absolute Gasteiger partial charge is 0.488 e. The molecule has 0 aliphatic heterocycles. The maximum absolute atomic E-state index is 10.6. The van der Waals surface area contributed by atoms with Gasteiger partial charge in [0, 0.05) is 30.5 Å². The Hall–Kier alpha value is -1.18. The highest BCUT2D eigenvalue weighted by Gasteiger charge is 2.42. The highest BCUT2D eigenvalue weighted by atomic mass is 79.9. The molecule has 1 aromatic carbocycles. The number of non-ortho nitro benzene ring substituents is 1. The van der Waals surface area contributed by atoms with Crippen LogP contribution in [0.15, 0.2) is 24.3 Å². The second-order valence-corrected chi connectivity index (χ2v) is 5.66. The molecule has 2 rings (SSSR count). The summed E-state index contributed by atoms with van der Waals surface area (Å²) >= 11 is 3.53. The van der Waals surface area contributed by atoms with Gasteiger partial charge in [-0.15, -0.1) is 0 Å². The highest BCUT2D eigenvalue weighted by molar-refractivity contribution is 9.09. The van der Waals surface area contributed by atoms with E-state index in [4.69, 9.17) is 14.2 Å². The molecule has 0 saturated heterocycles. The van der Waals surface area contributed by atoms with Crippen LogP contribution in [-0.4, -0.2) is 42.3 Å². The first-order valence-electron chi connectivity index (χ1n) is 6.27. The van der Waals surface area contributed by atoms with Crippen molar-refractivity contribution in [2.45, 2.75) is 23.5 Å². The van der Waals surface area contributed by atoms with E-state index in [1.165, 1.54) is 12.1 Å². The van der Waals surface area contributed by atoms with E-state index in [9.17, 15) is 10.1 Å². The van der Waals surface area contributed by atoms with E-state index in [1.54, 1.807) is 19.2 Å². The second kappa shape index (κ2) is 7.01. The second-order valence-electron chi connectivity index (χ2n) is 4.49. The summed E-state index contributed by atoms with van der Waals surface area (Å²) in [6.45, 7) is 1.06. The first-order valence-corrected chi connectivity index (χ1v) is 7.19. The Labute approximate surface area is 125 Å². The van der Waals surface area contributed by atoms with Gasteiger partial charge in [-0.25, -0.2) is 0 Å². The Kier molecular flexibility index (Phi) is 5.33. The van der Waals surface area contributed by atoms with Gasteiger partial charge >= 0.3 is 0 Å². The summed E-state index contributed by atoms with van der Waals surface area (Å²) in [7, 11) is 1.63. The van der Waals surface area contributed by atoms with Gasteiger partial charge in [0.2, 0.25) is 0 Å². The number of rotatable bonds is 7. The van der Waals surface area contributed by atoms with Crippen LogP contribution in [0.1, 0.15) is 6.42 Å².